The van der Waals surface area contributed by atoms with Crippen LogP contribution in [-0.2, 0) is 6.54 Å². The Morgan fingerprint density at radius 1 is 1.82 bits per heavy atom. The topological polar surface area (TPSA) is 55.1 Å². The van der Waals surface area contributed by atoms with Crippen molar-refractivity contribution in [2.75, 3.05) is 0 Å². The summed E-state index contributed by atoms with van der Waals surface area (Å²) in [4.78, 5) is 14.2. The van der Waals surface area contributed by atoms with E-state index in [1.165, 1.54) is 12.5 Å². The Morgan fingerprint density at radius 3 is 3.09 bits per heavy atom. The summed E-state index contributed by atoms with van der Waals surface area (Å²) >= 11 is 0. The molecule has 0 spiro atoms. The van der Waals surface area contributed by atoms with E-state index < -0.39 is 5.97 Å². The third kappa shape index (κ3) is 1.58. The van der Waals surface area contributed by atoms with Crippen LogP contribution in [0.1, 0.15) is 23.8 Å². The van der Waals surface area contributed by atoms with Crippen molar-refractivity contribution in [3.8, 4) is 0 Å². The van der Waals surface area contributed by atoms with Crippen LogP contribution in [0.4, 0.5) is 0 Å². The number of hydrogen-bond acceptors (Lipinski definition) is 2. The van der Waals surface area contributed by atoms with E-state index in [-0.39, 0.29) is 5.69 Å². The number of rotatable bonds is 3. The van der Waals surface area contributed by atoms with Gasteiger partial charge in [0.2, 0.25) is 0 Å². The Kier molecular flexibility index (Phi) is 2.25. The molecule has 0 bridgehead atoms. The maximum absolute atomic E-state index is 10.5. The van der Waals surface area contributed by atoms with E-state index in [2.05, 4.69) is 4.98 Å². The van der Waals surface area contributed by atoms with Crippen molar-refractivity contribution < 1.29 is 9.90 Å². The van der Waals surface area contributed by atoms with Gasteiger partial charge in [-0.25, -0.2) is 9.78 Å². The molecule has 1 heterocycles. The van der Waals surface area contributed by atoms with Crippen LogP contribution in [-0.4, -0.2) is 20.6 Å². The van der Waals surface area contributed by atoms with Gasteiger partial charge in [0.1, 0.15) is 5.69 Å². The second-order valence-corrected chi connectivity index (χ2v) is 2.28. The maximum atomic E-state index is 10.5. The molecule has 0 saturated heterocycles. The smallest absolute Gasteiger partial charge is 0.354 e. The van der Waals surface area contributed by atoms with Gasteiger partial charge in [0.05, 0.1) is 12.5 Å². The monoisotopic (exact) mass is 154 g/mol. The lowest BCUT2D eigenvalue weighted by molar-refractivity contribution is 0.0685. The summed E-state index contributed by atoms with van der Waals surface area (Å²) in [5.41, 5.74) is 0.256. The first kappa shape index (κ1) is 7.78. The lowest BCUT2D eigenvalue weighted by Crippen LogP contribution is -2.06. The summed E-state index contributed by atoms with van der Waals surface area (Å²) in [6.45, 7) is 2.70. The standard InChI is InChI=1S/C7H10N2O2/c1-2-3-9-5-8-4-6(9)7(10)11/h4-5H,2-3H2,1H3,(H,10,11). The average molecular weight is 154 g/mol. The minimum atomic E-state index is -0.920. The molecular weight excluding hydrogens is 144 g/mol. The predicted octanol–water partition coefficient (Wildman–Crippen LogP) is 0.991. The van der Waals surface area contributed by atoms with E-state index in [1.807, 2.05) is 6.92 Å². The molecule has 0 aromatic carbocycles. The summed E-state index contributed by atoms with van der Waals surface area (Å²) < 4.78 is 1.63. The minimum Gasteiger partial charge on any atom is -0.477 e. The third-order valence-corrected chi connectivity index (χ3v) is 1.40. The van der Waals surface area contributed by atoms with Gasteiger partial charge in [0, 0.05) is 6.54 Å². The number of nitrogens with zero attached hydrogens (tertiary/aromatic N) is 2. The van der Waals surface area contributed by atoms with Crippen LogP contribution in [0.2, 0.25) is 0 Å². The number of aromatic carboxylic acids is 1. The number of hydrogen-bond donors (Lipinski definition) is 1. The molecule has 0 aliphatic heterocycles. The van der Waals surface area contributed by atoms with E-state index in [9.17, 15) is 4.79 Å². The number of carboxylic acids is 1. The summed E-state index contributed by atoms with van der Waals surface area (Å²) in [7, 11) is 0. The van der Waals surface area contributed by atoms with E-state index >= 15 is 0 Å². The number of aromatic nitrogens is 2. The van der Waals surface area contributed by atoms with Gasteiger partial charge in [-0.15, -0.1) is 0 Å². The molecule has 0 radical (unpaired) electrons. The van der Waals surface area contributed by atoms with Gasteiger partial charge in [-0.05, 0) is 6.42 Å². The fourth-order valence-electron chi connectivity index (χ4n) is 0.918. The zero-order valence-electron chi connectivity index (χ0n) is 6.32. The summed E-state index contributed by atoms with van der Waals surface area (Å²) in [5.74, 6) is -0.920. The molecule has 0 unspecified atom stereocenters. The summed E-state index contributed by atoms with van der Waals surface area (Å²) in [6.07, 6.45) is 3.81. The molecule has 0 atom stereocenters. The molecule has 4 nitrogen and oxygen atoms in total. The van der Waals surface area contributed by atoms with Crippen LogP contribution in [0.3, 0.4) is 0 Å². The SMILES string of the molecule is CCCn1cncc1C(=O)O. The fraction of sp³-hybridized carbons (Fsp3) is 0.429. The molecule has 11 heavy (non-hydrogen) atoms. The lowest BCUT2D eigenvalue weighted by atomic mass is 10.4. The summed E-state index contributed by atoms with van der Waals surface area (Å²) in [5, 5.41) is 8.62. The van der Waals surface area contributed by atoms with Gasteiger partial charge in [-0.2, -0.15) is 0 Å². The molecule has 60 valence electrons. The quantitative estimate of drug-likeness (QED) is 0.706. The van der Waals surface area contributed by atoms with Crippen molar-refractivity contribution in [2.24, 2.45) is 0 Å². The van der Waals surface area contributed by atoms with Gasteiger partial charge in [0.25, 0.3) is 0 Å². The highest BCUT2D eigenvalue weighted by Crippen LogP contribution is 1.99. The molecule has 0 fully saturated rings. The maximum Gasteiger partial charge on any atom is 0.354 e. The second kappa shape index (κ2) is 3.18. The van der Waals surface area contributed by atoms with E-state index in [4.69, 9.17) is 5.11 Å². The van der Waals surface area contributed by atoms with Crippen LogP contribution in [0, 0.1) is 0 Å². The Bertz CT molecular complexity index is 255. The van der Waals surface area contributed by atoms with Crippen LogP contribution in [0.25, 0.3) is 0 Å². The predicted molar refractivity (Wildman–Crippen MR) is 39.5 cm³/mol. The van der Waals surface area contributed by atoms with Gasteiger partial charge < -0.3 is 9.67 Å². The number of imidazole rings is 1. The number of carboxylic acid groups (broad SMARTS) is 1. The molecule has 1 aromatic rings. The van der Waals surface area contributed by atoms with E-state index in [0.29, 0.717) is 6.54 Å². The largest absolute Gasteiger partial charge is 0.477 e. The molecule has 1 rings (SSSR count). The van der Waals surface area contributed by atoms with Crippen LogP contribution >= 0.6 is 0 Å². The third-order valence-electron chi connectivity index (χ3n) is 1.40. The molecule has 1 aromatic heterocycles. The molecule has 4 heteroatoms. The van der Waals surface area contributed by atoms with Crippen molar-refractivity contribution in [1.82, 2.24) is 9.55 Å². The van der Waals surface area contributed by atoms with Gasteiger partial charge in [-0.3, -0.25) is 0 Å². The van der Waals surface area contributed by atoms with Crippen molar-refractivity contribution >= 4 is 5.97 Å². The number of carbonyl (C=O) groups is 1. The van der Waals surface area contributed by atoms with Crippen LogP contribution in [0.15, 0.2) is 12.5 Å². The molecule has 0 aliphatic rings. The summed E-state index contributed by atoms with van der Waals surface area (Å²) in [6, 6.07) is 0. The van der Waals surface area contributed by atoms with Crippen molar-refractivity contribution in [3.63, 3.8) is 0 Å². The zero-order valence-corrected chi connectivity index (χ0v) is 6.32. The van der Waals surface area contributed by atoms with Gasteiger partial charge >= 0.3 is 5.97 Å². The van der Waals surface area contributed by atoms with Crippen LogP contribution in [0.5, 0.6) is 0 Å². The van der Waals surface area contributed by atoms with E-state index in [0.717, 1.165) is 6.42 Å². The van der Waals surface area contributed by atoms with Crippen molar-refractivity contribution in [1.29, 1.82) is 0 Å². The first-order chi connectivity index (χ1) is 5.25. The highest BCUT2D eigenvalue weighted by molar-refractivity contribution is 5.85. The average Bonchev–Trinajstić information content (AvgIpc) is 2.36. The molecule has 0 aliphatic carbocycles. The molecule has 1 N–H and O–H groups in total. The van der Waals surface area contributed by atoms with Crippen molar-refractivity contribution in [3.05, 3.63) is 18.2 Å². The molecule has 0 amide bonds. The highest BCUT2D eigenvalue weighted by atomic mass is 16.4. The van der Waals surface area contributed by atoms with Crippen molar-refractivity contribution in [2.45, 2.75) is 19.9 Å². The Labute approximate surface area is 64.5 Å². The van der Waals surface area contributed by atoms with Crippen LogP contribution < -0.4 is 0 Å². The Balaban J connectivity index is 2.87. The number of aryl methyl sites for hydroxylation is 1. The highest BCUT2D eigenvalue weighted by Gasteiger charge is 2.07. The Hall–Kier alpha value is -1.32. The fourth-order valence-corrected chi connectivity index (χ4v) is 0.918. The first-order valence-corrected chi connectivity index (χ1v) is 3.49. The van der Waals surface area contributed by atoms with Gasteiger partial charge in [-0.1, -0.05) is 6.92 Å². The minimum absolute atomic E-state index is 0.256. The molecule has 0 saturated carbocycles. The Morgan fingerprint density at radius 2 is 2.55 bits per heavy atom. The second-order valence-electron chi connectivity index (χ2n) is 2.28. The zero-order chi connectivity index (χ0) is 8.27. The van der Waals surface area contributed by atoms with E-state index in [1.54, 1.807) is 4.57 Å². The molecular formula is C7H10N2O2. The first-order valence-electron chi connectivity index (χ1n) is 3.49. The normalized spacial score (nSPS) is 9.91. The lowest BCUT2D eigenvalue weighted by Gasteiger charge is -2.00. The van der Waals surface area contributed by atoms with Gasteiger partial charge in [0.15, 0.2) is 0 Å².